The first kappa shape index (κ1) is 14.4. The van der Waals surface area contributed by atoms with Crippen molar-refractivity contribution in [2.45, 2.75) is 26.3 Å². The maximum Gasteiger partial charge on any atom is 0.0467 e. The van der Waals surface area contributed by atoms with Gasteiger partial charge < -0.3 is 5.32 Å². The first-order chi connectivity index (χ1) is 9.20. The fourth-order valence-electron chi connectivity index (χ4n) is 2.04. The number of para-hydroxylation sites is 1. The second kappa shape index (κ2) is 6.97. The van der Waals surface area contributed by atoms with E-state index in [0.717, 1.165) is 34.4 Å². The molecule has 0 heterocycles. The van der Waals surface area contributed by atoms with E-state index in [1.807, 2.05) is 18.2 Å². The standard InChI is InChI=1S/C16H17BrClN/c1-2-5-12-6-3-4-7-16(12)19-11-13-8-9-14(17)10-15(13)18/h3-4,6-10,19H,2,5,11H2,1H3. The number of nitrogens with one attached hydrogen (secondary N) is 1. The minimum atomic E-state index is 0.743. The Labute approximate surface area is 128 Å². The average molecular weight is 339 g/mol. The van der Waals surface area contributed by atoms with Crippen molar-refractivity contribution in [3.8, 4) is 0 Å². The smallest absolute Gasteiger partial charge is 0.0467 e. The van der Waals surface area contributed by atoms with Crippen LogP contribution in [-0.4, -0.2) is 0 Å². The van der Waals surface area contributed by atoms with Crippen LogP contribution in [0, 0.1) is 0 Å². The summed E-state index contributed by atoms with van der Waals surface area (Å²) >= 11 is 9.65. The summed E-state index contributed by atoms with van der Waals surface area (Å²) in [5, 5.41) is 4.26. The van der Waals surface area contributed by atoms with E-state index in [1.165, 1.54) is 11.3 Å². The molecule has 0 unspecified atom stereocenters. The molecule has 1 nitrogen and oxygen atoms in total. The number of halogens is 2. The van der Waals surface area contributed by atoms with Crippen LogP contribution < -0.4 is 5.32 Å². The van der Waals surface area contributed by atoms with Crippen LogP contribution in [-0.2, 0) is 13.0 Å². The predicted octanol–water partition coefficient (Wildman–Crippen LogP) is 5.67. The van der Waals surface area contributed by atoms with Gasteiger partial charge in [0.1, 0.15) is 0 Å². The van der Waals surface area contributed by atoms with Gasteiger partial charge in [0.15, 0.2) is 0 Å². The number of hydrogen-bond donors (Lipinski definition) is 1. The lowest BCUT2D eigenvalue weighted by atomic mass is 10.1. The van der Waals surface area contributed by atoms with Crippen molar-refractivity contribution in [3.05, 3.63) is 63.1 Å². The minimum Gasteiger partial charge on any atom is -0.381 e. The summed E-state index contributed by atoms with van der Waals surface area (Å²) in [5.41, 5.74) is 3.66. The molecule has 0 amide bonds. The summed E-state index contributed by atoms with van der Waals surface area (Å²) in [7, 11) is 0. The third-order valence-corrected chi connectivity index (χ3v) is 3.87. The third-order valence-electron chi connectivity index (χ3n) is 3.02. The van der Waals surface area contributed by atoms with Crippen molar-refractivity contribution in [1.29, 1.82) is 0 Å². The quantitative estimate of drug-likeness (QED) is 0.741. The molecule has 0 radical (unpaired) electrons. The van der Waals surface area contributed by atoms with Crippen LogP contribution in [0.2, 0.25) is 5.02 Å². The molecule has 0 fully saturated rings. The maximum atomic E-state index is 6.23. The van der Waals surface area contributed by atoms with Gasteiger partial charge in [-0.15, -0.1) is 0 Å². The lowest BCUT2D eigenvalue weighted by Gasteiger charge is -2.12. The van der Waals surface area contributed by atoms with Gasteiger partial charge >= 0.3 is 0 Å². The lowest BCUT2D eigenvalue weighted by molar-refractivity contribution is 0.919. The van der Waals surface area contributed by atoms with Gasteiger partial charge in [0.05, 0.1) is 0 Å². The van der Waals surface area contributed by atoms with Gasteiger partial charge in [0.2, 0.25) is 0 Å². The Hall–Kier alpha value is -0.990. The van der Waals surface area contributed by atoms with Gasteiger partial charge in [0, 0.05) is 21.7 Å². The summed E-state index contributed by atoms with van der Waals surface area (Å²) in [4.78, 5) is 0. The molecule has 0 aliphatic heterocycles. The number of rotatable bonds is 5. The summed E-state index contributed by atoms with van der Waals surface area (Å²) < 4.78 is 1.01. The molecule has 1 N–H and O–H groups in total. The van der Waals surface area contributed by atoms with E-state index >= 15 is 0 Å². The molecule has 0 aromatic heterocycles. The Morgan fingerprint density at radius 3 is 2.63 bits per heavy atom. The third kappa shape index (κ3) is 3.99. The highest BCUT2D eigenvalue weighted by Gasteiger charge is 2.03. The topological polar surface area (TPSA) is 12.0 Å². The lowest BCUT2D eigenvalue weighted by Crippen LogP contribution is -2.02. The van der Waals surface area contributed by atoms with E-state index < -0.39 is 0 Å². The van der Waals surface area contributed by atoms with E-state index in [9.17, 15) is 0 Å². The minimum absolute atomic E-state index is 0.743. The SMILES string of the molecule is CCCc1ccccc1NCc1ccc(Br)cc1Cl. The van der Waals surface area contributed by atoms with Crippen LogP contribution in [0.15, 0.2) is 46.9 Å². The van der Waals surface area contributed by atoms with Gasteiger partial charge in [-0.25, -0.2) is 0 Å². The van der Waals surface area contributed by atoms with Crippen LogP contribution in [0.3, 0.4) is 0 Å². The van der Waals surface area contributed by atoms with Crippen molar-refractivity contribution < 1.29 is 0 Å². The van der Waals surface area contributed by atoms with E-state index in [2.05, 4.69) is 52.4 Å². The molecule has 2 rings (SSSR count). The van der Waals surface area contributed by atoms with Crippen LogP contribution in [0.25, 0.3) is 0 Å². The summed E-state index contributed by atoms with van der Waals surface area (Å²) in [6.07, 6.45) is 2.25. The van der Waals surface area contributed by atoms with Gasteiger partial charge in [-0.3, -0.25) is 0 Å². The molecule has 19 heavy (non-hydrogen) atoms. The summed E-state index contributed by atoms with van der Waals surface area (Å²) in [5.74, 6) is 0. The van der Waals surface area contributed by atoms with E-state index in [-0.39, 0.29) is 0 Å². The van der Waals surface area contributed by atoms with Crippen molar-refractivity contribution in [2.24, 2.45) is 0 Å². The molecule has 0 spiro atoms. The molecule has 2 aromatic carbocycles. The number of aryl methyl sites for hydroxylation is 1. The largest absolute Gasteiger partial charge is 0.381 e. The maximum absolute atomic E-state index is 6.23. The highest BCUT2D eigenvalue weighted by Crippen LogP contribution is 2.23. The van der Waals surface area contributed by atoms with E-state index in [0.29, 0.717) is 0 Å². The van der Waals surface area contributed by atoms with Crippen LogP contribution >= 0.6 is 27.5 Å². The van der Waals surface area contributed by atoms with Gasteiger partial charge in [-0.05, 0) is 35.7 Å². The van der Waals surface area contributed by atoms with E-state index in [1.54, 1.807) is 0 Å². The van der Waals surface area contributed by atoms with Gasteiger partial charge in [-0.1, -0.05) is 65.1 Å². The van der Waals surface area contributed by atoms with Crippen molar-refractivity contribution in [1.82, 2.24) is 0 Å². The fourth-order valence-corrected chi connectivity index (χ4v) is 2.78. The normalized spacial score (nSPS) is 10.5. The molecular formula is C16H17BrClN. The zero-order chi connectivity index (χ0) is 13.7. The van der Waals surface area contributed by atoms with Gasteiger partial charge in [0.25, 0.3) is 0 Å². The average Bonchev–Trinajstić information content (AvgIpc) is 2.40. The van der Waals surface area contributed by atoms with Crippen LogP contribution in [0.4, 0.5) is 5.69 Å². The van der Waals surface area contributed by atoms with Crippen LogP contribution in [0.5, 0.6) is 0 Å². The zero-order valence-electron chi connectivity index (χ0n) is 10.9. The molecule has 100 valence electrons. The second-order valence-electron chi connectivity index (χ2n) is 4.50. The molecule has 0 atom stereocenters. The summed E-state index contributed by atoms with van der Waals surface area (Å²) in [6.45, 7) is 2.94. The van der Waals surface area contributed by atoms with Crippen molar-refractivity contribution in [2.75, 3.05) is 5.32 Å². The monoisotopic (exact) mass is 337 g/mol. The number of benzene rings is 2. The predicted molar refractivity (Wildman–Crippen MR) is 86.9 cm³/mol. The molecule has 0 aliphatic rings. The van der Waals surface area contributed by atoms with Crippen LogP contribution in [0.1, 0.15) is 24.5 Å². The number of hydrogen-bond acceptors (Lipinski definition) is 1. The summed E-state index contributed by atoms with van der Waals surface area (Å²) in [6, 6.07) is 14.4. The van der Waals surface area contributed by atoms with E-state index in [4.69, 9.17) is 11.6 Å². The highest BCUT2D eigenvalue weighted by molar-refractivity contribution is 9.10. The Morgan fingerprint density at radius 2 is 1.89 bits per heavy atom. The molecule has 0 bridgehead atoms. The Morgan fingerprint density at radius 1 is 1.11 bits per heavy atom. The van der Waals surface area contributed by atoms with Crippen molar-refractivity contribution >= 4 is 33.2 Å². The molecule has 0 aliphatic carbocycles. The fraction of sp³-hybridized carbons (Fsp3) is 0.250. The Bertz CT molecular complexity index is 554. The van der Waals surface area contributed by atoms with Crippen molar-refractivity contribution in [3.63, 3.8) is 0 Å². The Balaban J connectivity index is 2.10. The molecule has 2 aromatic rings. The first-order valence-corrected chi connectivity index (χ1v) is 7.63. The molecule has 0 saturated carbocycles. The second-order valence-corrected chi connectivity index (χ2v) is 5.82. The highest BCUT2D eigenvalue weighted by atomic mass is 79.9. The first-order valence-electron chi connectivity index (χ1n) is 6.46. The Kier molecular flexibility index (Phi) is 5.29. The zero-order valence-corrected chi connectivity index (χ0v) is 13.3. The molecule has 3 heteroatoms. The number of anilines is 1. The molecule has 0 saturated heterocycles. The molecular weight excluding hydrogens is 322 g/mol. The van der Waals surface area contributed by atoms with Gasteiger partial charge in [-0.2, -0.15) is 0 Å².